The van der Waals surface area contributed by atoms with Crippen LogP contribution in [-0.2, 0) is 6.42 Å². The molecule has 1 aliphatic rings. The molecule has 7 heteroatoms. The van der Waals surface area contributed by atoms with Crippen LogP contribution in [0.4, 0.5) is 11.4 Å². The lowest BCUT2D eigenvalue weighted by Crippen LogP contribution is -2.28. The van der Waals surface area contributed by atoms with E-state index >= 15 is 0 Å². The molecule has 0 saturated carbocycles. The summed E-state index contributed by atoms with van der Waals surface area (Å²) in [6, 6.07) is 19.0. The molecule has 2 aromatic heterocycles. The summed E-state index contributed by atoms with van der Waals surface area (Å²) >= 11 is 2.96. The van der Waals surface area contributed by atoms with Gasteiger partial charge in [-0.25, -0.2) is 4.98 Å². The minimum Gasteiger partial charge on any atom is -0.321 e. The van der Waals surface area contributed by atoms with Crippen molar-refractivity contribution >= 4 is 45.9 Å². The molecule has 1 N–H and O–H groups in total. The second-order valence-electron chi connectivity index (χ2n) is 6.87. The van der Waals surface area contributed by atoms with E-state index in [1.807, 2.05) is 40.6 Å². The number of anilines is 2. The average Bonchev–Trinajstić information content (AvgIpc) is 3.54. The molecular formula is C23H17N3O2S2. The van der Waals surface area contributed by atoms with E-state index in [9.17, 15) is 9.59 Å². The van der Waals surface area contributed by atoms with Crippen molar-refractivity contribution in [3.05, 3.63) is 88.2 Å². The monoisotopic (exact) mass is 431 g/mol. The SMILES string of the molecule is O=C(Nc1ccc(C(=O)N2CCc3ccccc32)cc1)c1cnc(-c2cccs2)s1. The van der Waals surface area contributed by atoms with Crippen molar-refractivity contribution in [2.24, 2.45) is 0 Å². The van der Waals surface area contributed by atoms with Gasteiger partial charge in [0.15, 0.2) is 0 Å². The molecule has 1 aliphatic heterocycles. The van der Waals surface area contributed by atoms with Gasteiger partial charge in [0.05, 0.1) is 11.1 Å². The van der Waals surface area contributed by atoms with Crippen LogP contribution in [-0.4, -0.2) is 23.3 Å². The molecule has 3 heterocycles. The van der Waals surface area contributed by atoms with Crippen LogP contribution in [0.25, 0.3) is 9.88 Å². The second kappa shape index (κ2) is 7.85. The summed E-state index contributed by atoms with van der Waals surface area (Å²) < 4.78 is 0. The molecule has 0 fully saturated rings. The van der Waals surface area contributed by atoms with Gasteiger partial charge in [-0.15, -0.1) is 22.7 Å². The molecule has 2 aromatic carbocycles. The fraction of sp³-hybridized carbons (Fsp3) is 0.0870. The van der Waals surface area contributed by atoms with Crippen LogP contribution in [0, 0.1) is 0 Å². The molecule has 4 aromatic rings. The first-order chi connectivity index (χ1) is 14.7. The van der Waals surface area contributed by atoms with E-state index in [0.29, 0.717) is 22.7 Å². The van der Waals surface area contributed by atoms with E-state index in [4.69, 9.17) is 0 Å². The smallest absolute Gasteiger partial charge is 0.267 e. The number of amides is 2. The molecule has 30 heavy (non-hydrogen) atoms. The molecule has 5 nitrogen and oxygen atoms in total. The van der Waals surface area contributed by atoms with Crippen molar-refractivity contribution in [3.8, 4) is 9.88 Å². The Morgan fingerprint density at radius 3 is 2.63 bits per heavy atom. The Morgan fingerprint density at radius 2 is 1.83 bits per heavy atom. The Labute approximate surface area is 181 Å². The summed E-state index contributed by atoms with van der Waals surface area (Å²) in [5.41, 5.74) is 3.42. The molecule has 5 rings (SSSR count). The van der Waals surface area contributed by atoms with E-state index in [0.717, 1.165) is 22.0 Å². The zero-order valence-electron chi connectivity index (χ0n) is 15.9. The van der Waals surface area contributed by atoms with E-state index < -0.39 is 0 Å². The summed E-state index contributed by atoms with van der Waals surface area (Å²) in [5.74, 6) is -0.233. The van der Waals surface area contributed by atoms with E-state index in [-0.39, 0.29) is 11.8 Å². The number of carbonyl (C=O) groups is 2. The van der Waals surface area contributed by atoms with Crippen molar-refractivity contribution < 1.29 is 9.59 Å². The van der Waals surface area contributed by atoms with Gasteiger partial charge in [-0.3, -0.25) is 9.59 Å². The minimum absolute atomic E-state index is 0.0270. The van der Waals surface area contributed by atoms with Crippen LogP contribution in [0.1, 0.15) is 25.6 Å². The predicted molar refractivity (Wildman–Crippen MR) is 122 cm³/mol. The van der Waals surface area contributed by atoms with Gasteiger partial charge in [-0.05, 0) is 53.8 Å². The summed E-state index contributed by atoms with van der Waals surface area (Å²) in [4.78, 5) is 33.2. The highest BCUT2D eigenvalue weighted by Gasteiger charge is 2.25. The largest absolute Gasteiger partial charge is 0.321 e. The number of fused-ring (bicyclic) bond motifs is 1. The van der Waals surface area contributed by atoms with E-state index in [1.165, 1.54) is 16.9 Å². The Bertz CT molecular complexity index is 1210. The zero-order valence-corrected chi connectivity index (χ0v) is 17.5. The molecule has 148 valence electrons. The number of carbonyl (C=O) groups excluding carboxylic acids is 2. The fourth-order valence-electron chi connectivity index (χ4n) is 3.49. The molecule has 0 saturated heterocycles. The number of hydrogen-bond donors (Lipinski definition) is 1. The van der Waals surface area contributed by atoms with Crippen LogP contribution in [0.2, 0.25) is 0 Å². The number of thiophene rings is 1. The molecular weight excluding hydrogens is 414 g/mol. The maximum Gasteiger partial charge on any atom is 0.267 e. The standard InChI is InChI=1S/C23H17N3O2S2/c27-21(20-14-24-22(30-20)19-6-3-13-29-19)25-17-9-7-16(8-10-17)23(28)26-12-11-15-4-1-2-5-18(15)26/h1-10,13-14H,11-12H2,(H,25,27). The van der Waals surface area contributed by atoms with Gasteiger partial charge in [0.2, 0.25) is 0 Å². The number of nitrogens with one attached hydrogen (secondary N) is 1. The number of aromatic nitrogens is 1. The number of hydrogen-bond acceptors (Lipinski definition) is 5. The molecule has 0 unspecified atom stereocenters. The van der Waals surface area contributed by atoms with E-state index in [2.05, 4.69) is 16.4 Å². The van der Waals surface area contributed by atoms with Gasteiger partial charge in [0.1, 0.15) is 9.88 Å². The minimum atomic E-state index is -0.206. The lowest BCUT2D eigenvalue weighted by atomic mass is 10.1. The third-order valence-electron chi connectivity index (χ3n) is 4.98. The maximum absolute atomic E-state index is 12.9. The predicted octanol–water partition coefficient (Wildman–Crippen LogP) is 5.33. The van der Waals surface area contributed by atoms with Crippen LogP contribution in [0.3, 0.4) is 0 Å². The first-order valence-corrected chi connectivity index (χ1v) is 11.2. The fourth-order valence-corrected chi connectivity index (χ4v) is 5.10. The van der Waals surface area contributed by atoms with Gasteiger partial charge in [-0.1, -0.05) is 24.3 Å². The zero-order chi connectivity index (χ0) is 20.5. The van der Waals surface area contributed by atoms with Gasteiger partial charge in [0.25, 0.3) is 11.8 Å². The lowest BCUT2D eigenvalue weighted by molar-refractivity contribution is 0.0988. The number of benzene rings is 2. The average molecular weight is 432 g/mol. The molecule has 0 atom stereocenters. The third kappa shape index (κ3) is 3.53. The lowest BCUT2D eigenvalue weighted by Gasteiger charge is -2.17. The van der Waals surface area contributed by atoms with Crippen molar-refractivity contribution in [2.75, 3.05) is 16.8 Å². The molecule has 2 amide bonds. The number of thiazole rings is 1. The van der Waals surface area contributed by atoms with Crippen molar-refractivity contribution in [3.63, 3.8) is 0 Å². The topological polar surface area (TPSA) is 62.3 Å². The summed E-state index contributed by atoms with van der Waals surface area (Å²) in [7, 11) is 0. The van der Waals surface area contributed by atoms with Gasteiger partial charge < -0.3 is 10.2 Å². The second-order valence-corrected chi connectivity index (χ2v) is 8.85. The van der Waals surface area contributed by atoms with Crippen molar-refractivity contribution in [1.82, 2.24) is 4.98 Å². The van der Waals surface area contributed by atoms with Gasteiger partial charge in [0, 0.05) is 23.5 Å². The van der Waals surface area contributed by atoms with Crippen molar-refractivity contribution in [2.45, 2.75) is 6.42 Å². The Hall–Kier alpha value is -3.29. The normalized spacial score (nSPS) is 12.6. The highest BCUT2D eigenvalue weighted by molar-refractivity contribution is 7.22. The van der Waals surface area contributed by atoms with Crippen molar-refractivity contribution in [1.29, 1.82) is 0 Å². The van der Waals surface area contributed by atoms with Crippen LogP contribution in [0.5, 0.6) is 0 Å². The highest BCUT2D eigenvalue weighted by Crippen LogP contribution is 2.30. The van der Waals surface area contributed by atoms with Crippen LogP contribution >= 0.6 is 22.7 Å². The molecule has 0 bridgehead atoms. The Balaban J connectivity index is 1.28. The Morgan fingerprint density at radius 1 is 1.00 bits per heavy atom. The van der Waals surface area contributed by atoms with Gasteiger partial charge in [-0.2, -0.15) is 0 Å². The molecule has 0 radical (unpaired) electrons. The Kier molecular flexibility index (Phi) is 4.90. The summed E-state index contributed by atoms with van der Waals surface area (Å²) in [5, 5.41) is 5.70. The van der Waals surface area contributed by atoms with Crippen LogP contribution in [0.15, 0.2) is 72.2 Å². The quantitative estimate of drug-likeness (QED) is 0.475. The molecule has 0 aliphatic carbocycles. The first kappa shape index (κ1) is 18.7. The number of para-hydroxylation sites is 1. The first-order valence-electron chi connectivity index (χ1n) is 9.50. The summed E-state index contributed by atoms with van der Waals surface area (Å²) in [6.07, 6.45) is 2.47. The van der Waals surface area contributed by atoms with Crippen LogP contribution < -0.4 is 10.2 Å². The maximum atomic E-state index is 12.9. The number of rotatable bonds is 4. The molecule has 0 spiro atoms. The summed E-state index contributed by atoms with van der Waals surface area (Å²) in [6.45, 7) is 0.689. The van der Waals surface area contributed by atoms with E-state index in [1.54, 1.807) is 41.8 Å². The third-order valence-corrected chi connectivity index (χ3v) is 7.02. The highest BCUT2D eigenvalue weighted by atomic mass is 32.1. The number of nitrogens with zero attached hydrogens (tertiary/aromatic N) is 2. The van der Waals surface area contributed by atoms with Gasteiger partial charge >= 0.3 is 0 Å².